The SMILES string of the molecule is CCCC(CC)NC1C(=O)N(C)c2ccccc21. The summed E-state index contributed by atoms with van der Waals surface area (Å²) in [7, 11) is 1.85. The third kappa shape index (κ3) is 2.27. The number of fused-ring (bicyclic) bond motifs is 1. The van der Waals surface area contributed by atoms with E-state index >= 15 is 0 Å². The number of amides is 1. The highest BCUT2D eigenvalue weighted by Gasteiger charge is 2.35. The lowest BCUT2D eigenvalue weighted by molar-refractivity contribution is -0.119. The molecule has 1 aliphatic heterocycles. The number of rotatable bonds is 5. The maximum atomic E-state index is 12.3. The minimum absolute atomic E-state index is 0.158. The molecular weight excluding hydrogens is 224 g/mol. The molecule has 2 rings (SSSR count). The second kappa shape index (κ2) is 5.53. The van der Waals surface area contributed by atoms with Crippen molar-refractivity contribution in [1.82, 2.24) is 5.32 Å². The van der Waals surface area contributed by atoms with Gasteiger partial charge in [0, 0.05) is 24.3 Å². The molecule has 1 aromatic rings. The molecule has 0 saturated heterocycles. The fourth-order valence-electron chi connectivity index (χ4n) is 2.63. The summed E-state index contributed by atoms with van der Waals surface area (Å²) in [6, 6.07) is 8.30. The molecule has 2 unspecified atom stereocenters. The zero-order valence-electron chi connectivity index (χ0n) is 11.4. The summed E-state index contributed by atoms with van der Waals surface area (Å²) in [5, 5.41) is 3.51. The van der Waals surface area contributed by atoms with Crippen molar-refractivity contribution in [2.24, 2.45) is 0 Å². The van der Waals surface area contributed by atoms with E-state index in [4.69, 9.17) is 0 Å². The van der Waals surface area contributed by atoms with Crippen LogP contribution >= 0.6 is 0 Å². The van der Waals surface area contributed by atoms with Crippen LogP contribution in [0.1, 0.15) is 44.7 Å². The molecule has 1 heterocycles. The average molecular weight is 246 g/mol. The molecule has 18 heavy (non-hydrogen) atoms. The summed E-state index contributed by atoms with van der Waals surface area (Å²) in [6.45, 7) is 4.35. The Morgan fingerprint density at radius 1 is 1.33 bits per heavy atom. The number of anilines is 1. The van der Waals surface area contributed by atoms with Crippen LogP contribution in [0.2, 0.25) is 0 Å². The number of carbonyl (C=O) groups is 1. The Kier molecular flexibility index (Phi) is 4.02. The first-order valence-corrected chi connectivity index (χ1v) is 6.81. The highest BCUT2D eigenvalue weighted by molar-refractivity contribution is 6.04. The van der Waals surface area contributed by atoms with Crippen LogP contribution in [0.4, 0.5) is 5.69 Å². The summed E-state index contributed by atoms with van der Waals surface area (Å²) >= 11 is 0. The molecule has 0 radical (unpaired) electrons. The number of para-hydroxylation sites is 1. The Labute approximate surface area is 109 Å². The lowest BCUT2D eigenvalue weighted by Gasteiger charge is -2.21. The highest BCUT2D eigenvalue weighted by Crippen LogP contribution is 2.34. The van der Waals surface area contributed by atoms with Crippen LogP contribution in [0.15, 0.2) is 24.3 Å². The normalized spacial score (nSPS) is 20.1. The van der Waals surface area contributed by atoms with Crippen molar-refractivity contribution >= 4 is 11.6 Å². The van der Waals surface area contributed by atoms with Crippen molar-refractivity contribution in [3.8, 4) is 0 Å². The van der Waals surface area contributed by atoms with E-state index in [9.17, 15) is 4.79 Å². The van der Waals surface area contributed by atoms with E-state index in [0.29, 0.717) is 6.04 Å². The maximum absolute atomic E-state index is 12.3. The van der Waals surface area contributed by atoms with Crippen molar-refractivity contribution in [2.75, 3.05) is 11.9 Å². The molecule has 0 aliphatic carbocycles. The second-order valence-electron chi connectivity index (χ2n) is 4.95. The Morgan fingerprint density at radius 3 is 2.72 bits per heavy atom. The summed E-state index contributed by atoms with van der Waals surface area (Å²) in [5.41, 5.74) is 2.14. The van der Waals surface area contributed by atoms with Crippen molar-refractivity contribution in [3.05, 3.63) is 29.8 Å². The molecule has 0 bridgehead atoms. The Hall–Kier alpha value is -1.35. The standard InChI is InChI=1S/C15H22N2O/c1-4-8-11(5-2)16-14-12-9-6-7-10-13(12)17(3)15(14)18/h6-7,9-11,14,16H,4-5,8H2,1-3H3. The first kappa shape index (κ1) is 13.1. The number of likely N-dealkylation sites (N-methyl/N-ethyl adjacent to an activating group) is 1. The minimum atomic E-state index is -0.164. The summed E-state index contributed by atoms with van der Waals surface area (Å²) in [6.07, 6.45) is 3.32. The predicted octanol–water partition coefficient (Wildman–Crippen LogP) is 2.87. The molecule has 0 aromatic heterocycles. The fourth-order valence-corrected chi connectivity index (χ4v) is 2.63. The van der Waals surface area contributed by atoms with E-state index < -0.39 is 0 Å². The molecule has 98 valence electrons. The van der Waals surface area contributed by atoms with Crippen LogP contribution < -0.4 is 10.2 Å². The van der Waals surface area contributed by atoms with E-state index in [1.54, 1.807) is 4.90 Å². The number of benzene rings is 1. The van der Waals surface area contributed by atoms with Gasteiger partial charge in [0.15, 0.2) is 0 Å². The summed E-state index contributed by atoms with van der Waals surface area (Å²) in [4.78, 5) is 14.0. The monoisotopic (exact) mass is 246 g/mol. The molecule has 1 N–H and O–H groups in total. The predicted molar refractivity (Wildman–Crippen MR) is 74.7 cm³/mol. The zero-order valence-corrected chi connectivity index (χ0v) is 11.4. The van der Waals surface area contributed by atoms with Gasteiger partial charge in [-0.1, -0.05) is 38.5 Å². The van der Waals surface area contributed by atoms with Crippen molar-refractivity contribution in [2.45, 2.75) is 45.2 Å². The van der Waals surface area contributed by atoms with E-state index in [1.165, 1.54) is 0 Å². The molecule has 3 heteroatoms. The van der Waals surface area contributed by atoms with Gasteiger partial charge in [-0.3, -0.25) is 10.1 Å². The van der Waals surface area contributed by atoms with Crippen LogP contribution in [-0.4, -0.2) is 19.0 Å². The van der Waals surface area contributed by atoms with Gasteiger partial charge in [0.05, 0.1) is 0 Å². The molecular formula is C15H22N2O. The van der Waals surface area contributed by atoms with Crippen molar-refractivity contribution in [1.29, 1.82) is 0 Å². The highest BCUT2D eigenvalue weighted by atomic mass is 16.2. The third-order valence-electron chi connectivity index (χ3n) is 3.72. The van der Waals surface area contributed by atoms with Crippen molar-refractivity contribution in [3.63, 3.8) is 0 Å². The lowest BCUT2D eigenvalue weighted by Crippen LogP contribution is -2.38. The molecule has 1 amide bonds. The van der Waals surface area contributed by atoms with E-state index in [2.05, 4.69) is 19.2 Å². The van der Waals surface area contributed by atoms with Crippen molar-refractivity contribution < 1.29 is 4.79 Å². The second-order valence-corrected chi connectivity index (χ2v) is 4.95. The van der Waals surface area contributed by atoms with Gasteiger partial charge in [-0.05, 0) is 18.9 Å². The quantitative estimate of drug-likeness (QED) is 0.866. The molecule has 0 fully saturated rings. The fraction of sp³-hybridized carbons (Fsp3) is 0.533. The third-order valence-corrected chi connectivity index (χ3v) is 3.72. The molecule has 2 atom stereocenters. The van der Waals surface area contributed by atoms with Gasteiger partial charge in [0.1, 0.15) is 6.04 Å². The van der Waals surface area contributed by atoms with E-state index in [0.717, 1.165) is 30.5 Å². The van der Waals surface area contributed by atoms with Gasteiger partial charge in [0.25, 0.3) is 0 Å². The van der Waals surface area contributed by atoms with Gasteiger partial charge < -0.3 is 4.90 Å². The molecule has 1 aromatic carbocycles. The number of nitrogens with zero attached hydrogens (tertiary/aromatic N) is 1. The minimum Gasteiger partial charge on any atom is -0.313 e. The molecule has 1 aliphatic rings. The topological polar surface area (TPSA) is 32.3 Å². The van der Waals surface area contributed by atoms with E-state index in [1.807, 2.05) is 31.3 Å². The largest absolute Gasteiger partial charge is 0.313 e. The average Bonchev–Trinajstić information content (AvgIpc) is 2.64. The van der Waals surface area contributed by atoms with Crippen LogP contribution in [0, 0.1) is 0 Å². The zero-order chi connectivity index (χ0) is 13.1. The van der Waals surface area contributed by atoms with Crippen LogP contribution in [0.25, 0.3) is 0 Å². The maximum Gasteiger partial charge on any atom is 0.248 e. The number of nitrogens with one attached hydrogen (secondary N) is 1. The van der Waals surface area contributed by atoms with Gasteiger partial charge >= 0.3 is 0 Å². The van der Waals surface area contributed by atoms with Gasteiger partial charge in [-0.2, -0.15) is 0 Å². The van der Waals surface area contributed by atoms with Crippen LogP contribution in [0.3, 0.4) is 0 Å². The number of hydrogen-bond donors (Lipinski definition) is 1. The van der Waals surface area contributed by atoms with E-state index in [-0.39, 0.29) is 11.9 Å². The first-order chi connectivity index (χ1) is 8.69. The van der Waals surface area contributed by atoms with Gasteiger partial charge in [-0.15, -0.1) is 0 Å². The Bertz CT molecular complexity index is 430. The lowest BCUT2D eigenvalue weighted by atomic mass is 10.0. The number of hydrogen-bond acceptors (Lipinski definition) is 2. The molecule has 3 nitrogen and oxygen atoms in total. The Morgan fingerprint density at radius 2 is 2.06 bits per heavy atom. The molecule has 0 saturated carbocycles. The summed E-state index contributed by atoms with van der Waals surface area (Å²) in [5.74, 6) is 0.158. The van der Waals surface area contributed by atoms with Crippen LogP contribution in [0.5, 0.6) is 0 Å². The molecule has 0 spiro atoms. The number of carbonyl (C=O) groups excluding carboxylic acids is 1. The van der Waals surface area contributed by atoms with Gasteiger partial charge in [-0.25, -0.2) is 0 Å². The van der Waals surface area contributed by atoms with Gasteiger partial charge in [0.2, 0.25) is 5.91 Å². The summed E-state index contributed by atoms with van der Waals surface area (Å²) < 4.78 is 0. The van der Waals surface area contributed by atoms with Crippen LogP contribution in [-0.2, 0) is 4.79 Å². The Balaban J connectivity index is 2.21. The smallest absolute Gasteiger partial charge is 0.248 e. The first-order valence-electron chi connectivity index (χ1n) is 6.81.